The van der Waals surface area contributed by atoms with Crippen LogP contribution in [0.4, 0.5) is 0 Å². The van der Waals surface area contributed by atoms with E-state index >= 15 is 0 Å². The largest absolute Gasteiger partial charge is 0.508 e. The molecule has 1 aromatic carbocycles. The Hall–Kier alpha value is -1.02. The fraction of sp³-hybridized carbons (Fsp3) is 0.538. The fourth-order valence-electron chi connectivity index (χ4n) is 2.57. The quantitative estimate of drug-likeness (QED) is 0.713. The number of nitrogens with two attached hydrogens (primary N) is 1. The van der Waals surface area contributed by atoms with Crippen LogP contribution in [0, 0.1) is 5.92 Å². The summed E-state index contributed by atoms with van der Waals surface area (Å²) in [5.74, 6) is 1.04. The summed E-state index contributed by atoms with van der Waals surface area (Å²) in [4.78, 5) is 0. The third-order valence-corrected chi connectivity index (χ3v) is 3.98. The van der Waals surface area contributed by atoms with Crippen LogP contribution in [-0.4, -0.2) is 18.2 Å². The molecular weight excluding hydrogens is 186 g/mol. The van der Waals surface area contributed by atoms with Gasteiger partial charge in [-0.25, -0.2) is 0 Å². The molecule has 0 unspecified atom stereocenters. The molecule has 0 spiro atoms. The first-order chi connectivity index (χ1) is 7.13. The first kappa shape index (κ1) is 10.5. The molecule has 2 heteroatoms. The highest BCUT2D eigenvalue weighted by molar-refractivity contribution is 5.33. The molecule has 15 heavy (non-hydrogen) atoms. The number of benzene rings is 1. The Balaban J connectivity index is 2.34. The average Bonchev–Trinajstić information content (AvgIpc) is 2.23. The molecule has 1 saturated heterocycles. The number of phenolic OH excluding ortho intramolecular Hbond substituents is 1. The standard InChI is InChI=1S/C13H19NO/c1-10-9-14-7-6-13(10,2)11-4-3-5-12(15)8-11/h3-5,8,10,14-15H,6-7,9H2,1-2H3/p+1/t10-,13+/m0/s1. The minimum Gasteiger partial charge on any atom is -0.508 e. The van der Waals surface area contributed by atoms with Gasteiger partial charge in [0.1, 0.15) is 5.75 Å². The first-order valence-corrected chi connectivity index (χ1v) is 5.74. The Morgan fingerprint density at radius 2 is 2.27 bits per heavy atom. The monoisotopic (exact) mass is 206 g/mol. The topological polar surface area (TPSA) is 36.8 Å². The molecule has 0 aliphatic carbocycles. The summed E-state index contributed by atoms with van der Waals surface area (Å²) in [5.41, 5.74) is 1.51. The van der Waals surface area contributed by atoms with Crippen LogP contribution in [0.2, 0.25) is 0 Å². The second-order valence-electron chi connectivity index (χ2n) is 4.93. The Bertz CT molecular complexity index is 350. The lowest BCUT2D eigenvalue weighted by atomic mass is 9.68. The van der Waals surface area contributed by atoms with Crippen molar-refractivity contribution < 1.29 is 10.4 Å². The van der Waals surface area contributed by atoms with Gasteiger partial charge in [0, 0.05) is 17.8 Å². The Morgan fingerprint density at radius 1 is 1.47 bits per heavy atom. The summed E-state index contributed by atoms with van der Waals surface area (Å²) in [6.45, 7) is 7.00. The number of aromatic hydroxyl groups is 1. The van der Waals surface area contributed by atoms with Gasteiger partial charge in [0.15, 0.2) is 0 Å². The van der Waals surface area contributed by atoms with Crippen molar-refractivity contribution in [3.8, 4) is 5.75 Å². The van der Waals surface area contributed by atoms with E-state index in [9.17, 15) is 5.11 Å². The van der Waals surface area contributed by atoms with Gasteiger partial charge in [0.25, 0.3) is 0 Å². The number of hydrogen-bond donors (Lipinski definition) is 2. The highest BCUT2D eigenvalue weighted by atomic mass is 16.3. The van der Waals surface area contributed by atoms with Crippen molar-refractivity contribution >= 4 is 0 Å². The van der Waals surface area contributed by atoms with Gasteiger partial charge in [-0.2, -0.15) is 0 Å². The van der Waals surface area contributed by atoms with Gasteiger partial charge in [-0.1, -0.05) is 26.0 Å². The SMILES string of the molecule is C[C@H]1C[NH2+]CC[C@@]1(C)c1cccc(O)c1. The van der Waals surface area contributed by atoms with Gasteiger partial charge in [0.2, 0.25) is 0 Å². The highest BCUT2D eigenvalue weighted by Gasteiger charge is 2.37. The zero-order valence-corrected chi connectivity index (χ0v) is 9.53. The molecular formula is C13H20NO+. The average molecular weight is 206 g/mol. The van der Waals surface area contributed by atoms with Gasteiger partial charge in [-0.05, 0) is 17.7 Å². The molecule has 2 atom stereocenters. The second kappa shape index (κ2) is 3.86. The molecule has 0 saturated carbocycles. The predicted octanol–water partition coefficient (Wildman–Crippen LogP) is 1.25. The Kier molecular flexibility index (Phi) is 2.70. The zero-order chi connectivity index (χ0) is 10.9. The highest BCUT2D eigenvalue weighted by Crippen LogP contribution is 2.36. The molecule has 1 heterocycles. The van der Waals surface area contributed by atoms with E-state index in [2.05, 4.69) is 25.2 Å². The molecule has 0 amide bonds. The third kappa shape index (κ3) is 1.86. The number of phenols is 1. The van der Waals surface area contributed by atoms with Crippen molar-refractivity contribution in [2.75, 3.05) is 13.1 Å². The fourth-order valence-corrected chi connectivity index (χ4v) is 2.57. The van der Waals surface area contributed by atoms with E-state index in [-0.39, 0.29) is 5.41 Å². The molecule has 82 valence electrons. The number of piperidine rings is 1. The van der Waals surface area contributed by atoms with Crippen LogP contribution < -0.4 is 5.32 Å². The van der Waals surface area contributed by atoms with E-state index in [0.29, 0.717) is 11.7 Å². The molecule has 1 fully saturated rings. The van der Waals surface area contributed by atoms with E-state index in [0.717, 1.165) is 0 Å². The van der Waals surface area contributed by atoms with Crippen LogP contribution in [0.3, 0.4) is 0 Å². The summed E-state index contributed by atoms with van der Waals surface area (Å²) < 4.78 is 0. The molecule has 1 aliphatic rings. The summed E-state index contributed by atoms with van der Waals surface area (Å²) in [6.07, 6.45) is 1.19. The van der Waals surface area contributed by atoms with Gasteiger partial charge in [0.05, 0.1) is 13.1 Å². The molecule has 0 aromatic heterocycles. The van der Waals surface area contributed by atoms with Crippen molar-refractivity contribution in [1.82, 2.24) is 0 Å². The normalized spacial score (nSPS) is 31.5. The molecule has 3 N–H and O–H groups in total. The lowest BCUT2D eigenvalue weighted by Gasteiger charge is -2.38. The first-order valence-electron chi connectivity index (χ1n) is 5.74. The number of rotatable bonds is 1. The third-order valence-electron chi connectivity index (χ3n) is 3.98. The molecule has 0 bridgehead atoms. The minimum absolute atomic E-state index is 0.230. The van der Waals surface area contributed by atoms with Gasteiger partial charge >= 0.3 is 0 Å². The molecule has 1 aromatic rings. The summed E-state index contributed by atoms with van der Waals surface area (Å²) in [7, 11) is 0. The van der Waals surface area contributed by atoms with Gasteiger partial charge in [-0.3, -0.25) is 0 Å². The summed E-state index contributed by atoms with van der Waals surface area (Å²) in [5, 5.41) is 11.9. The van der Waals surface area contributed by atoms with E-state index in [1.165, 1.54) is 25.1 Å². The maximum atomic E-state index is 9.54. The van der Waals surface area contributed by atoms with E-state index < -0.39 is 0 Å². The van der Waals surface area contributed by atoms with Crippen LogP contribution in [0.25, 0.3) is 0 Å². The second-order valence-corrected chi connectivity index (χ2v) is 4.93. The van der Waals surface area contributed by atoms with Crippen LogP contribution in [0.15, 0.2) is 24.3 Å². The smallest absolute Gasteiger partial charge is 0.115 e. The van der Waals surface area contributed by atoms with Crippen molar-refractivity contribution in [3.05, 3.63) is 29.8 Å². The van der Waals surface area contributed by atoms with Crippen molar-refractivity contribution in [1.29, 1.82) is 0 Å². The van der Waals surface area contributed by atoms with Gasteiger partial charge < -0.3 is 10.4 Å². The molecule has 0 radical (unpaired) electrons. The van der Waals surface area contributed by atoms with Crippen LogP contribution in [-0.2, 0) is 5.41 Å². The maximum Gasteiger partial charge on any atom is 0.115 e. The predicted molar refractivity (Wildman–Crippen MR) is 60.9 cm³/mol. The zero-order valence-electron chi connectivity index (χ0n) is 9.53. The molecule has 2 rings (SSSR count). The molecule has 2 nitrogen and oxygen atoms in total. The minimum atomic E-state index is 0.230. The lowest BCUT2D eigenvalue weighted by molar-refractivity contribution is -0.672. The van der Waals surface area contributed by atoms with Crippen molar-refractivity contribution in [2.45, 2.75) is 25.7 Å². The van der Waals surface area contributed by atoms with Crippen LogP contribution >= 0.6 is 0 Å². The van der Waals surface area contributed by atoms with Crippen LogP contribution in [0.5, 0.6) is 5.75 Å². The molecule has 1 aliphatic heterocycles. The van der Waals surface area contributed by atoms with E-state index in [4.69, 9.17) is 0 Å². The van der Waals surface area contributed by atoms with Gasteiger partial charge in [-0.15, -0.1) is 0 Å². The Labute approximate surface area is 91.3 Å². The Morgan fingerprint density at radius 3 is 2.93 bits per heavy atom. The number of quaternary nitrogens is 1. The van der Waals surface area contributed by atoms with Crippen molar-refractivity contribution in [3.63, 3.8) is 0 Å². The van der Waals surface area contributed by atoms with Crippen LogP contribution in [0.1, 0.15) is 25.8 Å². The number of hydrogen-bond acceptors (Lipinski definition) is 1. The summed E-state index contributed by atoms with van der Waals surface area (Å²) in [6, 6.07) is 7.75. The van der Waals surface area contributed by atoms with E-state index in [1.807, 2.05) is 12.1 Å². The van der Waals surface area contributed by atoms with Crippen molar-refractivity contribution in [2.24, 2.45) is 5.92 Å². The lowest BCUT2D eigenvalue weighted by Crippen LogP contribution is -2.89. The maximum absolute atomic E-state index is 9.54. The summed E-state index contributed by atoms with van der Waals surface area (Å²) >= 11 is 0. The van der Waals surface area contributed by atoms with E-state index in [1.54, 1.807) is 6.07 Å².